The number of fused-ring (bicyclic) bond motifs is 3. The van der Waals surface area contributed by atoms with Gasteiger partial charge in [-0.15, -0.1) is 0 Å². The van der Waals surface area contributed by atoms with Gasteiger partial charge >= 0.3 is 0 Å². The topological polar surface area (TPSA) is 71.3 Å². The molecule has 0 saturated carbocycles. The maximum absolute atomic E-state index is 13.5. The molecule has 0 unspecified atom stereocenters. The van der Waals surface area contributed by atoms with Crippen LogP contribution in [0.4, 0.5) is 4.39 Å². The highest BCUT2D eigenvalue weighted by Crippen LogP contribution is 2.31. The van der Waals surface area contributed by atoms with E-state index in [1.54, 1.807) is 38.7 Å². The van der Waals surface area contributed by atoms with E-state index in [1.807, 2.05) is 6.92 Å². The molecule has 2 aliphatic rings. The van der Waals surface area contributed by atoms with Gasteiger partial charge in [-0.1, -0.05) is 23.2 Å². The average molecular weight is 488 g/mol. The molecule has 10 heteroatoms. The van der Waals surface area contributed by atoms with E-state index in [0.29, 0.717) is 46.4 Å². The summed E-state index contributed by atoms with van der Waals surface area (Å²) in [6, 6.07) is 7.73. The van der Waals surface area contributed by atoms with Crippen molar-refractivity contribution in [2.75, 3.05) is 6.54 Å². The zero-order valence-electron chi connectivity index (χ0n) is 17.8. The molecule has 0 N–H and O–H groups in total. The Morgan fingerprint density at radius 1 is 1.18 bits per heavy atom. The van der Waals surface area contributed by atoms with Crippen LogP contribution in [0, 0.1) is 5.95 Å². The lowest BCUT2D eigenvalue weighted by atomic mass is 9.97. The van der Waals surface area contributed by atoms with E-state index < -0.39 is 5.95 Å². The maximum atomic E-state index is 13.5. The van der Waals surface area contributed by atoms with Crippen LogP contribution in [0.5, 0.6) is 0 Å². The van der Waals surface area contributed by atoms with Crippen LogP contribution in [0.1, 0.15) is 44.6 Å². The second kappa shape index (κ2) is 8.43. The minimum absolute atomic E-state index is 0.0950. The largest absolute Gasteiger partial charge is 0.331 e. The van der Waals surface area contributed by atoms with E-state index in [-0.39, 0.29) is 30.9 Å². The molecular weight excluding hydrogens is 468 g/mol. The Balaban J connectivity index is 1.43. The number of hydrogen-bond acceptors (Lipinski definition) is 4. The molecule has 170 valence electrons. The lowest BCUT2D eigenvalue weighted by Crippen LogP contribution is -2.44. The van der Waals surface area contributed by atoms with Gasteiger partial charge in [0.25, 0.3) is 11.8 Å². The molecule has 2 aliphatic heterocycles. The fraction of sp³-hybridized carbons (Fsp3) is 0.304. The van der Waals surface area contributed by atoms with Crippen LogP contribution < -0.4 is 0 Å². The number of pyridine rings is 1. The fourth-order valence-electron chi connectivity index (χ4n) is 4.44. The van der Waals surface area contributed by atoms with Crippen molar-refractivity contribution < 1.29 is 14.0 Å². The Morgan fingerprint density at radius 2 is 2.00 bits per heavy atom. The van der Waals surface area contributed by atoms with E-state index in [4.69, 9.17) is 23.2 Å². The fourth-order valence-corrected chi connectivity index (χ4v) is 4.74. The number of aromatic nitrogens is 3. The van der Waals surface area contributed by atoms with Crippen molar-refractivity contribution in [1.29, 1.82) is 0 Å². The SMILES string of the molecule is C[C@@H]1Cc2nn3c(c2CN1C(=O)c1ccc(Cl)c(Cl)c1)C(=O)N(Cc1ccnc(F)c1)CC3. The highest BCUT2D eigenvalue weighted by atomic mass is 35.5. The van der Waals surface area contributed by atoms with Gasteiger partial charge in [-0.2, -0.15) is 9.49 Å². The summed E-state index contributed by atoms with van der Waals surface area (Å²) in [5.41, 5.74) is 3.19. The average Bonchev–Trinajstić information content (AvgIpc) is 3.14. The summed E-state index contributed by atoms with van der Waals surface area (Å²) in [4.78, 5) is 33.6. The molecule has 0 radical (unpaired) electrons. The number of carbonyl (C=O) groups excluding carboxylic acids is 2. The predicted molar refractivity (Wildman–Crippen MR) is 121 cm³/mol. The molecule has 0 fully saturated rings. The van der Waals surface area contributed by atoms with Crippen LogP contribution in [0.15, 0.2) is 36.5 Å². The molecule has 5 rings (SSSR count). The summed E-state index contributed by atoms with van der Waals surface area (Å²) < 4.78 is 15.2. The molecule has 0 spiro atoms. The van der Waals surface area contributed by atoms with Gasteiger partial charge in [0.1, 0.15) is 5.69 Å². The van der Waals surface area contributed by atoms with Crippen molar-refractivity contribution in [3.05, 3.63) is 80.6 Å². The molecule has 0 saturated heterocycles. The van der Waals surface area contributed by atoms with Crippen LogP contribution in [-0.2, 0) is 26.1 Å². The second-order valence-corrected chi connectivity index (χ2v) is 9.14. The van der Waals surface area contributed by atoms with Crippen LogP contribution >= 0.6 is 23.2 Å². The molecule has 7 nitrogen and oxygen atoms in total. The van der Waals surface area contributed by atoms with E-state index >= 15 is 0 Å². The summed E-state index contributed by atoms with van der Waals surface area (Å²) in [6.07, 6.45) is 1.93. The molecule has 0 bridgehead atoms. The molecule has 1 atom stereocenters. The van der Waals surface area contributed by atoms with Crippen LogP contribution in [0.2, 0.25) is 10.0 Å². The summed E-state index contributed by atoms with van der Waals surface area (Å²) in [5.74, 6) is -0.937. The number of halogens is 3. The lowest BCUT2D eigenvalue weighted by molar-refractivity contribution is 0.0637. The van der Waals surface area contributed by atoms with Crippen molar-refractivity contribution in [3.8, 4) is 0 Å². The minimum atomic E-state index is -0.579. The third kappa shape index (κ3) is 3.98. The number of amides is 2. The zero-order chi connectivity index (χ0) is 23.3. The van der Waals surface area contributed by atoms with E-state index in [1.165, 1.54) is 12.3 Å². The van der Waals surface area contributed by atoms with Gasteiger partial charge in [0.15, 0.2) is 0 Å². The Bertz CT molecular complexity index is 1280. The van der Waals surface area contributed by atoms with Gasteiger partial charge in [0, 0.05) is 42.9 Å². The Labute approximate surface area is 199 Å². The quantitative estimate of drug-likeness (QED) is 0.524. The molecule has 33 heavy (non-hydrogen) atoms. The first-order chi connectivity index (χ1) is 15.8. The van der Waals surface area contributed by atoms with Crippen molar-refractivity contribution in [2.24, 2.45) is 0 Å². The van der Waals surface area contributed by atoms with Crippen molar-refractivity contribution >= 4 is 35.0 Å². The summed E-state index contributed by atoms with van der Waals surface area (Å²) in [7, 11) is 0. The van der Waals surface area contributed by atoms with Gasteiger partial charge in [-0.05, 0) is 42.8 Å². The summed E-state index contributed by atoms with van der Waals surface area (Å²) >= 11 is 12.1. The van der Waals surface area contributed by atoms with Crippen molar-refractivity contribution in [1.82, 2.24) is 24.6 Å². The van der Waals surface area contributed by atoms with Gasteiger partial charge in [-0.3, -0.25) is 14.3 Å². The highest BCUT2D eigenvalue weighted by molar-refractivity contribution is 6.42. The zero-order valence-corrected chi connectivity index (χ0v) is 19.3. The maximum Gasteiger partial charge on any atom is 0.272 e. The summed E-state index contributed by atoms with van der Waals surface area (Å²) in [5, 5.41) is 5.36. The lowest BCUT2D eigenvalue weighted by Gasteiger charge is -2.34. The van der Waals surface area contributed by atoms with E-state index in [9.17, 15) is 14.0 Å². The van der Waals surface area contributed by atoms with Gasteiger partial charge in [-0.25, -0.2) is 4.98 Å². The van der Waals surface area contributed by atoms with Gasteiger partial charge in [0.2, 0.25) is 5.95 Å². The van der Waals surface area contributed by atoms with Crippen LogP contribution in [0.25, 0.3) is 0 Å². The first-order valence-corrected chi connectivity index (χ1v) is 11.3. The third-order valence-electron chi connectivity index (χ3n) is 6.15. The molecule has 3 aromatic rings. The molecule has 1 aromatic carbocycles. The second-order valence-electron chi connectivity index (χ2n) is 8.33. The van der Waals surface area contributed by atoms with Gasteiger partial charge < -0.3 is 9.80 Å². The standard InChI is InChI=1S/C23H20Cl2FN5O2/c1-13-8-19-16(12-30(13)22(32)15-2-3-17(24)18(25)10-15)21-23(33)29(6-7-31(21)28-19)11-14-4-5-27-20(26)9-14/h2-5,9-10,13H,6-8,11-12H2,1H3/t13-/m1/s1. The Morgan fingerprint density at radius 3 is 2.76 bits per heavy atom. The van der Waals surface area contributed by atoms with Crippen LogP contribution in [0.3, 0.4) is 0 Å². The highest BCUT2D eigenvalue weighted by Gasteiger charge is 2.37. The molecule has 2 amide bonds. The molecule has 4 heterocycles. The number of rotatable bonds is 3. The van der Waals surface area contributed by atoms with E-state index in [0.717, 1.165) is 11.3 Å². The predicted octanol–water partition coefficient (Wildman–Crippen LogP) is 3.97. The monoisotopic (exact) mass is 487 g/mol. The molecule has 2 aromatic heterocycles. The number of hydrogen-bond donors (Lipinski definition) is 0. The van der Waals surface area contributed by atoms with Crippen molar-refractivity contribution in [3.63, 3.8) is 0 Å². The number of nitrogens with zero attached hydrogens (tertiary/aromatic N) is 5. The Kier molecular flexibility index (Phi) is 5.58. The Hall–Kier alpha value is -2.97. The molecule has 0 aliphatic carbocycles. The number of benzene rings is 1. The molecular formula is C23H20Cl2FN5O2. The first kappa shape index (κ1) is 21.9. The first-order valence-electron chi connectivity index (χ1n) is 10.6. The van der Waals surface area contributed by atoms with Crippen molar-refractivity contribution in [2.45, 2.75) is 39.0 Å². The normalized spacial score (nSPS) is 17.7. The smallest absolute Gasteiger partial charge is 0.272 e. The minimum Gasteiger partial charge on any atom is -0.331 e. The number of carbonyl (C=O) groups is 2. The van der Waals surface area contributed by atoms with Gasteiger partial charge in [0.05, 0.1) is 28.8 Å². The third-order valence-corrected chi connectivity index (χ3v) is 6.89. The summed E-state index contributed by atoms with van der Waals surface area (Å²) in [6.45, 7) is 3.52. The van der Waals surface area contributed by atoms with E-state index in [2.05, 4.69) is 10.1 Å². The van der Waals surface area contributed by atoms with Crippen LogP contribution in [-0.4, -0.2) is 49.0 Å².